The first-order valence-electron chi connectivity index (χ1n) is 12.0. The van der Waals surface area contributed by atoms with Crippen LogP contribution in [0.3, 0.4) is 0 Å². The highest BCUT2D eigenvalue weighted by molar-refractivity contribution is 14.1. The average Bonchev–Trinajstić information content (AvgIpc) is 3.40. The van der Waals surface area contributed by atoms with E-state index in [0.717, 1.165) is 44.4 Å². The third kappa shape index (κ3) is 2.88. The molecule has 3 N–H and O–H groups in total. The molecule has 0 amide bonds. The lowest BCUT2D eigenvalue weighted by atomic mass is 9.86. The second kappa shape index (κ2) is 7.45. The lowest BCUT2D eigenvalue weighted by molar-refractivity contribution is -0.172. The number of hydrogen-bond acceptors (Lipinski definition) is 8. The molecule has 0 spiro atoms. The number of aromatic nitrogens is 2. The predicted octanol–water partition coefficient (Wildman–Crippen LogP) is 2.76. The number of pyridine rings is 2. The maximum Gasteiger partial charge on any atom is 0.343 e. The molecule has 2 atom stereocenters. The van der Waals surface area contributed by atoms with Crippen LogP contribution in [0.25, 0.3) is 22.3 Å². The Morgan fingerprint density at radius 3 is 2.86 bits per heavy atom. The molecule has 10 heteroatoms. The van der Waals surface area contributed by atoms with Crippen molar-refractivity contribution < 1.29 is 19.4 Å². The van der Waals surface area contributed by atoms with Gasteiger partial charge in [0.1, 0.15) is 18.5 Å². The first kappa shape index (κ1) is 22.1. The van der Waals surface area contributed by atoms with Gasteiger partial charge < -0.3 is 29.8 Å². The highest BCUT2D eigenvalue weighted by Crippen LogP contribution is 2.45. The van der Waals surface area contributed by atoms with E-state index in [4.69, 9.17) is 20.2 Å². The number of anilines is 2. The van der Waals surface area contributed by atoms with E-state index in [0.29, 0.717) is 41.3 Å². The van der Waals surface area contributed by atoms with Gasteiger partial charge in [-0.1, -0.05) is 6.92 Å². The van der Waals surface area contributed by atoms with Crippen LogP contribution in [0.2, 0.25) is 0 Å². The van der Waals surface area contributed by atoms with Crippen LogP contribution >= 0.6 is 22.6 Å². The lowest BCUT2D eigenvalue weighted by Gasteiger charge is -2.34. The molecule has 7 rings (SSSR count). The Bertz CT molecular complexity index is 1610. The third-order valence-corrected chi connectivity index (χ3v) is 8.72. The maximum atomic E-state index is 13.7. The Morgan fingerprint density at radius 1 is 1.25 bits per heavy atom. The topological polar surface area (TPSA) is 120 Å². The van der Waals surface area contributed by atoms with Gasteiger partial charge in [-0.05, 0) is 53.3 Å². The molecular formula is C26H23IN4O5. The second-order valence-corrected chi connectivity index (χ2v) is 11.0. The van der Waals surface area contributed by atoms with E-state index in [2.05, 4.69) is 33.6 Å². The molecule has 2 bridgehead atoms. The summed E-state index contributed by atoms with van der Waals surface area (Å²) < 4.78 is 13.7. The first-order chi connectivity index (χ1) is 17.3. The molecule has 2 aromatic heterocycles. The van der Waals surface area contributed by atoms with Crippen LogP contribution in [-0.4, -0.2) is 39.8 Å². The Labute approximate surface area is 219 Å². The molecule has 9 nitrogen and oxygen atoms in total. The number of nitrogens with zero attached hydrogens (tertiary/aromatic N) is 3. The van der Waals surface area contributed by atoms with Crippen LogP contribution in [0, 0.1) is 3.57 Å². The summed E-state index contributed by atoms with van der Waals surface area (Å²) in [4.78, 5) is 33.5. The average molecular weight is 598 g/mol. The maximum absolute atomic E-state index is 13.7. The van der Waals surface area contributed by atoms with Gasteiger partial charge in [-0.2, -0.15) is 0 Å². The van der Waals surface area contributed by atoms with Crippen LogP contribution in [0.1, 0.15) is 36.5 Å². The number of fused-ring (bicyclic) bond motifs is 7. The summed E-state index contributed by atoms with van der Waals surface area (Å²) in [6.07, 6.45) is 3.22. The molecule has 6 heterocycles. The Hall–Kier alpha value is -3.12. The zero-order valence-corrected chi connectivity index (χ0v) is 21.7. The van der Waals surface area contributed by atoms with Crippen molar-refractivity contribution in [3.8, 4) is 11.4 Å². The quantitative estimate of drug-likeness (QED) is 0.206. The number of aliphatic hydroxyl groups is 1. The van der Waals surface area contributed by atoms with Crippen molar-refractivity contribution in [2.24, 2.45) is 0 Å². The smallest absolute Gasteiger partial charge is 0.343 e. The monoisotopic (exact) mass is 598 g/mol. The van der Waals surface area contributed by atoms with Gasteiger partial charge in [0.05, 0.1) is 47.8 Å². The summed E-state index contributed by atoms with van der Waals surface area (Å²) >= 11 is 2.20. The van der Waals surface area contributed by atoms with Gasteiger partial charge in [-0.3, -0.25) is 4.79 Å². The number of carbonyl (C=O) groups is 1. The largest absolute Gasteiger partial charge is 0.491 e. The number of cyclic esters (lactones) is 1. The molecule has 3 aromatic rings. The molecule has 184 valence electrons. The second-order valence-electron chi connectivity index (χ2n) is 9.81. The van der Waals surface area contributed by atoms with Crippen molar-refractivity contribution in [1.29, 1.82) is 0 Å². The fourth-order valence-electron chi connectivity index (χ4n) is 5.91. The van der Waals surface area contributed by atoms with Crippen molar-refractivity contribution in [3.05, 3.63) is 60.6 Å². The number of nitrogens with two attached hydrogens (primary N) is 1. The van der Waals surface area contributed by atoms with Gasteiger partial charge in [-0.15, -0.1) is 0 Å². The van der Waals surface area contributed by atoms with E-state index in [9.17, 15) is 14.7 Å². The zero-order chi connectivity index (χ0) is 24.9. The van der Waals surface area contributed by atoms with Crippen LogP contribution in [0.4, 0.5) is 11.4 Å². The van der Waals surface area contributed by atoms with E-state index in [1.54, 1.807) is 17.6 Å². The van der Waals surface area contributed by atoms with Crippen LogP contribution in [0.5, 0.6) is 0 Å². The fraction of sp³-hybridized carbons (Fsp3) is 0.346. The SMILES string of the molecule is CC[C@@]1(O)C(=O)OCc2c1cc1n(c2=O)Cc2c-1nc1cc(I)c(N)cc1c2N1CC2=CC[C@@H](C1)O2. The molecule has 1 fully saturated rings. The molecule has 1 saturated heterocycles. The van der Waals surface area contributed by atoms with Crippen LogP contribution in [0.15, 0.2) is 34.8 Å². The highest BCUT2D eigenvalue weighted by Gasteiger charge is 2.45. The number of benzene rings is 1. The van der Waals surface area contributed by atoms with Gasteiger partial charge in [0.25, 0.3) is 5.56 Å². The molecular weight excluding hydrogens is 575 g/mol. The van der Waals surface area contributed by atoms with Crippen molar-refractivity contribution in [3.63, 3.8) is 0 Å². The number of esters is 1. The van der Waals surface area contributed by atoms with E-state index < -0.39 is 11.6 Å². The van der Waals surface area contributed by atoms with E-state index in [1.165, 1.54) is 0 Å². The molecule has 0 radical (unpaired) electrons. The molecule has 0 aliphatic carbocycles. The fourth-order valence-corrected chi connectivity index (χ4v) is 6.36. The number of nitrogen functional groups attached to an aromatic ring is 1. The van der Waals surface area contributed by atoms with Crippen molar-refractivity contribution in [2.75, 3.05) is 23.7 Å². The van der Waals surface area contributed by atoms with Gasteiger partial charge in [-0.25, -0.2) is 9.78 Å². The minimum absolute atomic E-state index is 0.0929. The number of halogens is 1. The molecule has 4 aliphatic rings. The molecule has 1 aromatic carbocycles. The van der Waals surface area contributed by atoms with Crippen LogP contribution < -0.4 is 16.2 Å². The number of hydrogen-bond donors (Lipinski definition) is 2. The zero-order valence-electron chi connectivity index (χ0n) is 19.5. The number of morpholine rings is 1. The molecule has 4 aliphatic heterocycles. The number of carbonyl (C=O) groups excluding carboxylic acids is 1. The highest BCUT2D eigenvalue weighted by atomic mass is 127. The van der Waals surface area contributed by atoms with Gasteiger partial charge in [0.2, 0.25) is 0 Å². The summed E-state index contributed by atoms with van der Waals surface area (Å²) in [5, 5.41) is 12.1. The lowest BCUT2D eigenvalue weighted by Crippen LogP contribution is -2.44. The summed E-state index contributed by atoms with van der Waals surface area (Å²) in [5.74, 6) is 0.226. The summed E-state index contributed by atoms with van der Waals surface area (Å²) in [5.41, 5.74) is 9.49. The van der Waals surface area contributed by atoms with Gasteiger partial charge >= 0.3 is 5.97 Å². The molecule has 0 saturated carbocycles. The molecule has 0 unspecified atom stereocenters. The van der Waals surface area contributed by atoms with Crippen molar-refractivity contribution in [1.82, 2.24) is 9.55 Å². The summed E-state index contributed by atoms with van der Waals surface area (Å²) in [7, 11) is 0. The Balaban J connectivity index is 1.51. The summed E-state index contributed by atoms with van der Waals surface area (Å²) in [6.45, 7) is 3.24. The standard InChI is InChI=1S/C26H23IN4O5/c1-2-26(34)17-6-21-22-15(10-31(21)24(32)16(17)11-35-25(26)33)23(30-8-12-3-4-13(9-30)36-12)14-5-19(28)18(27)7-20(14)29-22/h3,5-7,13,34H,2,4,8-11,28H2,1H3/t13-,26-/m0/s1. The Kier molecular flexibility index (Phi) is 4.57. The summed E-state index contributed by atoms with van der Waals surface area (Å²) in [6, 6.07) is 5.68. The van der Waals surface area contributed by atoms with Gasteiger partial charge in [0, 0.05) is 32.2 Å². The minimum atomic E-state index is -1.86. The first-order valence-corrected chi connectivity index (χ1v) is 13.1. The van der Waals surface area contributed by atoms with E-state index in [1.807, 2.05) is 12.1 Å². The third-order valence-electron chi connectivity index (χ3n) is 7.79. The minimum Gasteiger partial charge on any atom is -0.491 e. The van der Waals surface area contributed by atoms with E-state index in [-0.39, 0.29) is 24.7 Å². The number of ether oxygens (including phenoxy) is 2. The van der Waals surface area contributed by atoms with Crippen molar-refractivity contribution in [2.45, 2.75) is 44.6 Å². The molecule has 36 heavy (non-hydrogen) atoms. The predicted molar refractivity (Wildman–Crippen MR) is 141 cm³/mol. The van der Waals surface area contributed by atoms with Crippen molar-refractivity contribution >= 4 is 50.8 Å². The van der Waals surface area contributed by atoms with Crippen LogP contribution in [-0.2, 0) is 33.0 Å². The normalized spacial score (nSPS) is 23.6. The van der Waals surface area contributed by atoms with Gasteiger partial charge in [0.15, 0.2) is 5.60 Å². The number of rotatable bonds is 2. The van der Waals surface area contributed by atoms with E-state index >= 15 is 0 Å². The Morgan fingerprint density at radius 2 is 2.08 bits per heavy atom.